The molecular weight excluding hydrogens is 443 g/mol. The van der Waals surface area contributed by atoms with E-state index in [1.165, 1.54) is 6.07 Å². The summed E-state index contributed by atoms with van der Waals surface area (Å²) in [6, 6.07) is 3.83. The second-order valence-corrected chi connectivity index (χ2v) is 8.54. The van der Waals surface area contributed by atoms with Crippen LogP contribution in [0.3, 0.4) is 0 Å². The molecule has 0 radical (unpaired) electrons. The maximum absolute atomic E-state index is 13.7. The molecule has 0 atom stereocenters. The highest BCUT2D eigenvalue weighted by atomic mass is 32.2. The fourth-order valence-electron chi connectivity index (χ4n) is 3.60. The predicted molar refractivity (Wildman–Crippen MR) is 114 cm³/mol. The average Bonchev–Trinajstić information content (AvgIpc) is 3.11. The number of thioether (sulfide) groups is 1. The topological polar surface area (TPSA) is 87.2 Å². The molecule has 0 spiro atoms. The molecule has 2 aromatic rings. The van der Waals surface area contributed by atoms with Gasteiger partial charge in [0, 0.05) is 31.4 Å². The molecule has 168 valence electrons. The average molecular weight is 463 g/mol. The summed E-state index contributed by atoms with van der Waals surface area (Å²) >= 11 is 0.836. The molecule has 1 aromatic heterocycles. The number of aromatic nitrogens is 2. The quantitative estimate of drug-likeness (QED) is 0.503. The van der Waals surface area contributed by atoms with Crippen molar-refractivity contribution < 1.29 is 22.8 Å². The lowest BCUT2D eigenvalue weighted by atomic mass is 9.97. The molecule has 32 heavy (non-hydrogen) atoms. The summed E-state index contributed by atoms with van der Waals surface area (Å²) in [6.07, 6.45) is 4.88. The lowest BCUT2D eigenvalue weighted by Gasteiger charge is -2.32. The Hall–Kier alpha value is -2.92. The first kappa shape index (κ1) is 22.3. The van der Waals surface area contributed by atoms with Gasteiger partial charge in [0.25, 0.3) is 11.1 Å². The smallest absolute Gasteiger partial charge is 0.290 e. The molecule has 7 nitrogen and oxygen atoms in total. The number of nitrogens with one attached hydrogen (secondary N) is 2. The van der Waals surface area contributed by atoms with Crippen molar-refractivity contribution in [1.82, 2.24) is 20.6 Å². The van der Waals surface area contributed by atoms with E-state index < -0.39 is 28.6 Å². The van der Waals surface area contributed by atoms with Gasteiger partial charge in [-0.15, -0.1) is 0 Å². The third-order valence-electron chi connectivity index (χ3n) is 5.35. The van der Waals surface area contributed by atoms with Crippen molar-refractivity contribution in [1.29, 1.82) is 0 Å². The Bertz CT molecular complexity index is 1070. The lowest BCUT2D eigenvalue weighted by molar-refractivity contribution is -0.115. The van der Waals surface area contributed by atoms with Crippen LogP contribution in [-0.4, -0.2) is 40.7 Å². The van der Waals surface area contributed by atoms with Crippen LogP contribution in [-0.2, 0) is 11.3 Å². The molecule has 2 saturated heterocycles. The Morgan fingerprint density at radius 2 is 1.94 bits per heavy atom. The molecule has 2 amide bonds. The molecule has 2 aliphatic rings. The summed E-state index contributed by atoms with van der Waals surface area (Å²) in [7, 11) is 0. The van der Waals surface area contributed by atoms with Crippen molar-refractivity contribution in [3.63, 3.8) is 0 Å². The molecule has 11 heteroatoms. The van der Waals surface area contributed by atoms with Crippen LogP contribution >= 0.6 is 11.8 Å². The van der Waals surface area contributed by atoms with Crippen LogP contribution < -0.4 is 15.5 Å². The normalized spacial score (nSPS) is 18.5. The minimum absolute atomic E-state index is 0.0940. The third-order valence-corrected chi connectivity index (χ3v) is 6.16. The number of benzene rings is 1. The first-order chi connectivity index (χ1) is 15.4. The monoisotopic (exact) mass is 463 g/mol. The number of imide groups is 1. The Morgan fingerprint density at radius 1 is 1.16 bits per heavy atom. The maximum Gasteiger partial charge on any atom is 0.290 e. The summed E-state index contributed by atoms with van der Waals surface area (Å²) in [5, 5.41) is 4.92. The first-order valence-electron chi connectivity index (χ1n) is 10.1. The number of carbonyl (C=O) groups excluding carboxylic acids is 2. The molecule has 3 heterocycles. The van der Waals surface area contributed by atoms with Crippen molar-refractivity contribution in [2.75, 3.05) is 24.5 Å². The number of amides is 2. The number of rotatable bonds is 6. The minimum atomic E-state index is -1.45. The van der Waals surface area contributed by atoms with E-state index in [9.17, 15) is 22.8 Å². The van der Waals surface area contributed by atoms with E-state index in [0.29, 0.717) is 29.0 Å². The van der Waals surface area contributed by atoms with Gasteiger partial charge in [0.1, 0.15) is 0 Å². The Balaban J connectivity index is 1.29. The zero-order valence-electron chi connectivity index (χ0n) is 16.9. The molecule has 2 fully saturated rings. The summed E-state index contributed by atoms with van der Waals surface area (Å²) in [6.45, 7) is 2.19. The van der Waals surface area contributed by atoms with E-state index in [4.69, 9.17) is 0 Å². The van der Waals surface area contributed by atoms with E-state index in [0.717, 1.165) is 43.8 Å². The van der Waals surface area contributed by atoms with Crippen molar-refractivity contribution in [2.45, 2.75) is 19.4 Å². The fraction of sp³-hybridized carbons (Fsp3) is 0.333. The van der Waals surface area contributed by atoms with Crippen LogP contribution in [0.1, 0.15) is 24.1 Å². The highest BCUT2D eigenvalue weighted by molar-refractivity contribution is 8.18. The Morgan fingerprint density at radius 3 is 2.66 bits per heavy atom. The highest BCUT2D eigenvalue weighted by Gasteiger charge is 2.26. The molecule has 0 saturated carbocycles. The van der Waals surface area contributed by atoms with Crippen molar-refractivity contribution in [2.24, 2.45) is 5.92 Å². The van der Waals surface area contributed by atoms with Gasteiger partial charge in [-0.1, -0.05) is 6.07 Å². The number of hydrogen-bond acceptors (Lipinski definition) is 7. The Kier molecular flexibility index (Phi) is 6.75. The summed E-state index contributed by atoms with van der Waals surface area (Å²) in [5.74, 6) is -3.35. The largest absolute Gasteiger partial charge is 0.341 e. The van der Waals surface area contributed by atoms with E-state index in [1.54, 1.807) is 18.3 Å². The number of anilines is 1. The Labute approximate surface area is 186 Å². The van der Waals surface area contributed by atoms with E-state index >= 15 is 0 Å². The van der Waals surface area contributed by atoms with E-state index in [2.05, 4.69) is 20.6 Å². The SMILES string of the molecule is O=C1NC(=O)C(=Cc2ccnc(N3CCC(CNCc4ccc(F)c(F)c4F)CC3)n2)S1. The van der Waals surface area contributed by atoms with Crippen molar-refractivity contribution >= 4 is 34.9 Å². The van der Waals surface area contributed by atoms with Gasteiger partial charge in [0.15, 0.2) is 17.5 Å². The lowest BCUT2D eigenvalue weighted by Crippen LogP contribution is -2.38. The number of nitrogens with zero attached hydrogens (tertiary/aromatic N) is 3. The standard InChI is InChI=1S/C21H20F3N5O2S/c22-15-2-1-13(17(23)18(15)24)11-25-10-12-4-7-29(8-5-12)20-26-6-3-14(27-20)9-16-19(30)28-21(31)32-16/h1-3,6,9,12,25H,4-5,7-8,10-11H2,(H,28,30,31). The summed E-state index contributed by atoms with van der Waals surface area (Å²) in [4.78, 5) is 34.1. The summed E-state index contributed by atoms with van der Waals surface area (Å²) < 4.78 is 40.1. The maximum atomic E-state index is 13.7. The fourth-order valence-corrected chi connectivity index (χ4v) is 4.27. The molecule has 0 unspecified atom stereocenters. The number of halogens is 3. The van der Waals surface area contributed by atoms with E-state index in [1.807, 2.05) is 4.90 Å². The van der Waals surface area contributed by atoms with Gasteiger partial charge in [-0.05, 0) is 55.3 Å². The van der Waals surface area contributed by atoms with Gasteiger partial charge in [-0.2, -0.15) is 0 Å². The molecule has 2 aliphatic heterocycles. The molecular formula is C21H20F3N5O2S. The minimum Gasteiger partial charge on any atom is -0.341 e. The summed E-state index contributed by atoms with van der Waals surface area (Å²) in [5.41, 5.74) is 0.635. The van der Waals surface area contributed by atoms with Gasteiger partial charge in [-0.25, -0.2) is 23.1 Å². The van der Waals surface area contributed by atoms with Crippen LogP contribution in [0.15, 0.2) is 29.3 Å². The second kappa shape index (κ2) is 9.70. The number of piperidine rings is 1. The zero-order chi connectivity index (χ0) is 22.7. The molecule has 0 aliphatic carbocycles. The van der Waals surface area contributed by atoms with Gasteiger partial charge >= 0.3 is 0 Å². The number of hydrogen-bond donors (Lipinski definition) is 2. The van der Waals surface area contributed by atoms with Crippen LogP contribution in [0.5, 0.6) is 0 Å². The molecule has 0 bridgehead atoms. The zero-order valence-corrected chi connectivity index (χ0v) is 17.7. The van der Waals surface area contributed by atoms with Crippen molar-refractivity contribution in [3.05, 3.63) is 58.0 Å². The molecule has 2 N–H and O–H groups in total. The van der Waals surface area contributed by atoms with Gasteiger partial charge in [-0.3, -0.25) is 14.9 Å². The van der Waals surface area contributed by atoms with Gasteiger partial charge < -0.3 is 10.2 Å². The van der Waals surface area contributed by atoms with E-state index in [-0.39, 0.29) is 12.1 Å². The van der Waals surface area contributed by atoms with Gasteiger partial charge in [0.2, 0.25) is 5.95 Å². The van der Waals surface area contributed by atoms with Crippen LogP contribution in [0, 0.1) is 23.4 Å². The van der Waals surface area contributed by atoms with Crippen LogP contribution in [0.2, 0.25) is 0 Å². The van der Waals surface area contributed by atoms with Gasteiger partial charge in [0.05, 0.1) is 10.6 Å². The second-order valence-electron chi connectivity index (χ2n) is 7.53. The predicted octanol–water partition coefficient (Wildman–Crippen LogP) is 3.22. The van der Waals surface area contributed by atoms with Crippen molar-refractivity contribution in [3.8, 4) is 0 Å². The molecule has 1 aromatic carbocycles. The molecule has 4 rings (SSSR count). The third kappa shape index (κ3) is 5.10. The van der Waals surface area contributed by atoms with Crippen LogP contribution in [0.25, 0.3) is 6.08 Å². The van der Waals surface area contributed by atoms with Crippen LogP contribution in [0.4, 0.5) is 23.9 Å². The highest BCUT2D eigenvalue weighted by Crippen LogP contribution is 2.26. The first-order valence-corrected chi connectivity index (χ1v) is 10.9. The number of carbonyl (C=O) groups is 2.